The lowest BCUT2D eigenvalue weighted by Gasteiger charge is -2.55. The first-order chi connectivity index (χ1) is 16.6. The highest BCUT2D eigenvalue weighted by molar-refractivity contribution is 5.95. The highest BCUT2D eigenvalue weighted by Gasteiger charge is 2.55. The predicted octanol–water partition coefficient (Wildman–Crippen LogP) is 2.07. The van der Waals surface area contributed by atoms with Crippen LogP contribution in [0.1, 0.15) is 15.9 Å². The standard InChI is InChI=1S/C25H27N5O.CH2O2/c31-24(19-6-4-5-18(11-19)20-12-26-27-13-20)28-23-21-14-29-9-10-30(15-21)17-25(23,16-29)22-7-2-1-3-8-22;2-1-3/h1-8,11-13,21,23H,9-10,14-17H2,(H,26,27)(H,28,31);1H,(H,2,3). The first-order valence-electron chi connectivity index (χ1n) is 11.6. The summed E-state index contributed by atoms with van der Waals surface area (Å²) >= 11 is 0. The van der Waals surface area contributed by atoms with Crippen LogP contribution in [0.4, 0.5) is 0 Å². The smallest absolute Gasteiger partial charge is 0.290 e. The molecule has 4 saturated heterocycles. The summed E-state index contributed by atoms with van der Waals surface area (Å²) < 4.78 is 0. The number of hydrogen-bond donors (Lipinski definition) is 3. The fourth-order valence-electron chi connectivity index (χ4n) is 6.04. The highest BCUT2D eigenvalue weighted by atomic mass is 16.3. The first-order valence-corrected chi connectivity index (χ1v) is 11.6. The van der Waals surface area contributed by atoms with Crippen molar-refractivity contribution in [3.05, 3.63) is 78.1 Å². The number of hydrogen-bond acceptors (Lipinski definition) is 5. The molecule has 0 radical (unpaired) electrons. The summed E-state index contributed by atoms with van der Waals surface area (Å²) in [5, 5.41) is 17.3. The summed E-state index contributed by atoms with van der Waals surface area (Å²) in [5.74, 6) is 0.452. The SMILES string of the molecule is O=C(NC1C2CN3CCN(C2)CC1(c1ccccc1)C3)c1cccc(-c2cn[nH]c2)c1.O=CO. The summed E-state index contributed by atoms with van der Waals surface area (Å²) in [6.45, 7) is 6.13. The molecule has 3 N–H and O–H groups in total. The molecule has 8 nitrogen and oxygen atoms in total. The number of rotatable bonds is 4. The van der Waals surface area contributed by atoms with Gasteiger partial charge in [-0.3, -0.25) is 14.7 Å². The molecule has 34 heavy (non-hydrogen) atoms. The Bertz CT molecular complexity index is 1120. The zero-order valence-corrected chi connectivity index (χ0v) is 18.9. The van der Waals surface area contributed by atoms with Crippen LogP contribution in [0, 0.1) is 5.92 Å². The Kier molecular flexibility index (Phi) is 6.17. The molecule has 4 aliphatic rings. The van der Waals surface area contributed by atoms with E-state index >= 15 is 0 Å². The third-order valence-electron chi connectivity index (χ3n) is 7.39. The van der Waals surface area contributed by atoms with E-state index in [0.717, 1.165) is 50.4 Å². The van der Waals surface area contributed by atoms with Crippen LogP contribution < -0.4 is 5.32 Å². The van der Waals surface area contributed by atoms with E-state index in [0.29, 0.717) is 11.5 Å². The first kappa shape index (κ1) is 22.3. The molecule has 5 heterocycles. The molecule has 8 heteroatoms. The number of benzene rings is 2. The average molecular weight is 460 g/mol. The zero-order chi connectivity index (χ0) is 23.5. The second kappa shape index (κ2) is 9.40. The number of amides is 1. The van der Waals surface area contributed by atoms with Crippen LogP contribution in [0.2, 0.25) is 0 Å². The average Bonchev–Trinajstić information content (AvgIpc) is 3.29. The van der Waals surface area contributed by atoms with E-state index in [1.165, 1.54) is 5.56 Å². The fourth-order valence-corrected chi connectivity index (χ4v) is 6.04. The number of carbonyl (C=O) groups is 2. The third kappa shape index (κ3) is 4.10. The predicted molar refractivity (Wildman–Crippen MR) is 128 cm³/mol. The largest absolute Gasteiger partial charge is 0.483 e. The minimum atomic E-state index is -0.250. The van der Waals surface area contributed by atoms with Crippen molar-refractivity contribution in [2.24, 2.45) is 5.92 Å². The molecule has 2 aromatic carbocycles. The van der Waals surface area contributed by atoms with Crippen LogP contribution in [0.3, 0.4) is 0 Å². The number of carbonyl (C=O) groups excluding carboxylic acids is 1. The van der Waals surface area contributed by atoms with Gasteiger partial charge in [-0.05, 0) is 23.3 Å². The van der Waals surface area contributed by atoms with Gasteiger partial charge >= 0.3 is 0 Å². The molecular formula is C26H29N5O3. The van der Waals surface area contributed by atoms with Crippen LogP contribution in [-0.2, 0) is 10.2 Å². The van der Waals surface area contributed by atoms with Gasteiger partial charge in [0.15, 0.2) is 0 Å². The lowest BCUT2D eigenvalue weighted by atomic mass is 9.64. The van der Waals surface area contributed by atoms with Crippen LogP contribution in [0.15, 0.2) is 67.0 Å². The molecule has 3 atom stereocenters. The summed E-state index contributed by atoms with van der Waals surface area (Å²) in [6.07, 6.45) is 3.64. The Hall–Kier alpha value is -3.49. The minimum Gasteiger partial charge on any atom is -0.483 e. The molecule has 3 unspecified atom stereocenters. The molecule has 7 rings (SSSR count). The van der Waals surface area contributed by atoms with Crippen molar-refractivity contribution in [3.8, 4) is 11.1 Å². The van der Waals surface area contributed by atoms with Gasteiger partial charge in [0.2, 0.25) is 0 Å². The van der Waals surface area contributed by atoms with Crippen molar-refractivity contribution in [1.29, 1.82) is 0 Å². The van der Waals surface area contributed by atoms with Crippen molar-refractivity contribution < 1.29 is 14.7 Å². The molecule has 0 spiro atoms. The van der Waals surface area contributed by atoms with Crippen molar-refractivity contribution in [2.45, 2.75) is 11.5 Å². The van der Waals surface area contributed by atoms with E-state index in [9.17, 15) is 4.79 Å². The molecule has 3 aromatic rings. The summed E-state index contributed by atoms with van der Waals surface area (Å²) in [7, 11) is 0. The Morgan fingerprint density at radius 1 is 1.06 bits per heavy atom. The lowest BCUT2D eigenvalue weighted by molar-refractivity contribution is -0.122. The number of aromatic amines is 1. The van der Waals surface area contributed by atoms with E-state index in [1.807, 2.05) is 30.5 Å². The van der Waals surface area contributed by atoms with Gasteiger partial charge in [0.1, 0.15) is 0 Å². The van der Waals surface area contributed by atoms with Gasteiger partial charge in [-0.2, -0.15) is 5.10 Å². The van der Waals surface area contributed by atoms with Gasteiger partial charge in [0, 0.05) is 74.0 Å². The molecule has 1 amide bonds. The molecule has 4 fully saturated rings. The van der Waals surface area contributed by atoms with Crippen molar-refractivity contribution in [3.63, 3.8) is 0 Å². The number of piperidine rings is 2. The van der Waals surface area contributed by atoms with Gasteiger partial charge in [0.05, 0.1) is 6.20 Å². The third-order valence-corrected chi connectivity index (χ3v) is 7.39. The van der Waals surface area contributed by atoms with Crippen LogP contribution >= 0.6 is 0 Å². The fraction of sp³-hybridized carbons (Fsp3) is 0.346. The topological polar surface area (TPSA) is 102 Å². The normalized spacial score (nSPS) is 28.9. The zero-order valence-electron chi connectivity index (χ0n) is 18.9. The Morgan fingerprint density at radius 2 is 1.76 bits per heavy atom. The number of nitrogens with zero attached hydrogens (tertiary/aromatic N) is 3. The van der Waals surface area contributed by atoms with Crippen LogP contribution in [0.5, 0.6) is 0 Å². The van der Waals surface area contributed by atoms with E-state index in [4.69, 9.17) is 9.90 Å². The Labute approximate surface area is 198 Å². The summed E-state index contributed by atoms with van der Waals surface area (Å²) in [4.78, 5) is 27.0. The van der Waals surface area contributed by atoms with Gasteiger partial charge in [-0.1, -0.05) is 42.5 Å². The maximum atomic E-state index is 13.5. The van der Waals surface area contributed by atoms with Gasteiger partial charge < -0.3 is 20.2 Å². The minimum absolute atomic E-state index is 0.0156. The molecule has 1 aromatic heterocycles. The van der Waals surface area contributed by atoms with E-state index in [1.54, 1.807) is 6.20 Å². The van der Waals surface area contributed by atoms with Crippen LogP contribution in [0.25, 0.3) is 11.1 Å². The Balaban J connectivity index is 0.000000764. The Morgan fingerprint density at radius 3 is 2.41 bits per heavy atom. The summed E-state index contributed by atoms with van der Waals surface area (Å²) in [6, 6.07) is 18.8. The molecule has 176 valence electrons. The second-order valence-electron chi connectivity index (χ2n) is 9.38. The quantitative estimate of drug-likeness (QED) is 0.517. The van der Waals surface area contributed by atoms with Gasteiger partial charge in [-0.15, -0.1) is 0 Å². The van der Waals surface area contributed by atoms with Crippen molar-refractivity contribution in [2.75, 3.05) is 39.3 Å². The second-order valence-corrected chi connectivity index (χ2v) is 9.38. The molecule has 0 saturated carbocycles. The maximum absolute atomic E-state index is 13.5. The number of nitrogens with one attached hydrogen (secondary N) is 2. The number of aromatic nitrogens is 2. The van der Waals surface area contributed by atoms with E-state index in [2.05, 4.69) is 55.6 Å². The summed E-state index contributed by atoms with van der Waals surface area (Å²) in [5.41, 5.74) is 3.96. The van der Waals surface area contributed by atoms with Gasteiger partial charge in [0.25, 0.3) is 12.4 Å². The maximum Gasteiger partial charge on any atom is 0.290 e. The van der Waals surface area contributed by atoms with Crippen molar-refractivity contribution in [1.82, 2.24) is 25.3 Å². The molecule has 4 bridgehead atoms. The van der Waals surface area contributed by atoms with Crippen molar-refractivity contribution >= 4 is 12.4 Å². The van der Waals surface area contributed by atoms with E-state index in [-0.39, 0.29) is 23.8 Å². The number of fused-ring (bicyclic) bond motifs is 1. The van der Waals surface area contributed by atoms with Crippen LogP contribution in [-0.4, -0.2) is 82.8 Å². The lowest BCUT2D eigenvalue weighted by Crippen LogP contribution is -2.70. The van der Waals surface area contributed by atoms with Gasteiger partial charge in [-0.25, -0.2) is 0 Å². The molecule has 4 aliphatic heterocycles. The highest BCUT2D eigenvalue weighted by Crippen LogP contribution is 2.43. The number of carboxylic acid groups (broad SMARTS) is 1. The molecular weight excluding hydrogens is 430 g/mol. The molecule has 0 aliphatic carbocycles. The number of H-pyrrole nitrogens is 1. The van der Waals surface area contributed by atoms with E-state index < -0.39 is 0 Å². The monoisotopic (exact) mass is 459 g/mol.